The maximum absolute atomic E-state index is 5.19. The second-order valence-corrected chi connectivity index (χ2v) is 15.8. The molecule has 1 aliphatic heterocycles. The van der Waals surface area contributed by atoms with Gasteiger partial charge in [0.2, 0.25) is 0 Å². The van der Waals surface area contributed by atoms with E-state index in [0.29, 0.717) is 12.5 Å². The van der Waals surface area contributed by atoms with Crippen LogP contribution < -0.4 is 4.90 Å². The van der Waals surface area contributed by atoms with Crippen molar-refractivity contribution >= 4 is 11.4 Å². The number of anilines is 1. The van der Waals surface area contributed by atoms with Crippen LogP contribution >= 0.6 is 0 Å². The topological polar surface area (TPSA) is 15.6 Å². The third-order valence-corrected chi connectivity index (χ3v) is 12.2. The Bertz CT molecular complexity index is 2580. The smallest absolute Gasteiger partial charge is 0.0723 e. The van der Waals surface area contributed by atoms with E-state index in [1.165, 1.54) is 67.2 Å². The van der Waals surface area contributed by atoms with E-state index in [1.54, 1.807) is 0 Å². The Hall–Kier alpha value is -6.25. The van der Waals surface area contributed by atoms with Gasteiger partial charge in [0, 0.05) is 45.5 Å². The molecule has 1 heterocycles. The second kappa shape index (κ2) is 13.6. The zero-order chi connectivity index (χ0) is 36.9. The molecule has 0 N–H and O–H groups in total. The molecule has 55 heavy (non-hydrogen) atoms. The van der Waals surface area contributed by atoms with Gasteiger partial charge in [-0.1, -0.05) is 172 Å². The maximum atomic E-state index is 5.19. The van der Waals surface area contributed by atoms with Crippen molar-refractivity contribution in [3.05, 3.63) is 232 Å². The molecule has 0 spiro atoms. The maximum Gasteiger partial charge on any atom is 0.0723 e. The van der Waals surface area contributed by atoms with E-state index in [-0.39, 0.29) is 11.3 Å². The number of rotatable bonds is 7. The highest BCUT2D eigenvalue weighted by atomic mass is 15.2. The number of hydrogen-bond donors (Lipinski definition) is 0. The summed E-state index contributed by atoms with van der Waals surface area (Å²) < 4.78 is 0. The van der Waals surface area contributed by atoms with E-state index in [9.17, 15) is 0 Å². The zero-order valence-electron chi connectivity index (χ0n) is 31.5. The quantitative estimate of drug-likeness (QED) is 0.151. The minimum atomic E-state index is -0.0453. The summed E-state index contributed by atoms with van der Waals surface area (Å²) in [5.74, 6) is 0.561. The summed E-state index contributed by atoms with van der Waals surface area (Å²) in [5.41, 5.74) is 19.4. The fourth-order valence-electron chi connectivity index (χ4n) is 9.55. The molecule has 3 aliphatic carbocycles. The summed E-state index contributed by atoms with van der Waals surface area (Å²) in [5, 5.41) is 0. The molecule has 2 unspecified atom stereocenters. The standard InChI is InChI=1S/C53H44N2/c1-53(2)48-26-13-11-22-43(48)44-33-30-39(34-49(44)53)41-20-9-10-21-42(41)46-24-15-25-47-45-23-12-14-27-50(45)55(52(46)47)40-31-28-38(29-32-40)51(37-18-7-4-8-19-37)54-35-36-16-5-3-6-17-36/h3-22,25-34,45-46H,23-24,35H2,1-2H3. The average molecular weight is 709 g/mol. The van der Waals surface area contributed by atoms with Crippen molar-refractivity contribution in [2.45, 2.75) is 44.6 Å². The lowest BCUT2D eigenvalue weighted by Gasteiger charge is -2.33. The van der Waals surface area contributed by atoms with Gasteiger partial charge in [0.1, 0.15) is 0 Å². The average Bonchev–Trinajstić information content (AvgIpc) is 3.70. The fraction of sp³-hybridized carbons (Fsp3) is 0.151. The van der Waals surface area contributed by atoms with Crippen LogP contribution in [0.3, 0.4) is 0 Å². The normalized spacial score (nSPS) is 19.1. The molecule has 0 saturated carbocycles. The van der Waals surface area contributed by atoms with Crippen molar-refractivity contribution in [2.24, 2.45) is 10.9 Å². The molecule has 0 radical (unpaired) electrons. The van der Waals surface area contributed by atoms with Gasteiger partial charge in [0.05, 0.1) is 12.3 Å². The van der Waals surface area contributed by atoms with Gasteiger partial charge in [-0.05, 0) is 87.2 Å². The van der Waals surface area contributed by atoms with E-state index in [2.05, 4.69) is 201 Å². The number of fused-ring (bicyclic) bond motifs is 5. The molecule has 2 nitrogen and oxygen atoms in total. The van der Waals surface area contributed by atoms with Crippen molar-refractivity contribution < 1.29 is 0 Å². The molecule has 266 valence electrons. The van der Waals surface area contributed by atoms with Crippen LogP contribution in [0.5, 0.6) is 0 Å². The van der Waals surface area contributed by atoms with E-state index >= 15 is 0 Å². The van der Waals surface area contributed by atoms with Gasteiger partial charge in [-0.2, -0.15) is 0 Å². The highest BCUT2D eigenvalue weighted by Crippen LogP contribution is 2.54. The SMILES string of the molecule is CC1(C)c2ccccc2-c2ccc(-c3ccccc3C3CC=CC4=C3N(c3ccc(C(=NCc5ccccc5)c5ccccc5)cc3)C3=CC=CCC34)cc21. The molecule has 0 amide bonds. The third-order valence-electron chi connectivity index (χ3n) is 12.2. The van der Waals surface area contributed by atoms with Gasteiger partial charge < -0.3 is 4.90 Å². The highest BCUT2D eigenvalue weighted by molar-refractivity contribution is 6.13. The first kappa shape index (κ1) is 33.3. The molecule has 0 aromatic heterocycles. The Balaban J connectivity index is 1.04. The van der Waals surface area contributed by atoms with Crippen LogP contribution in [0, 0.1) is 5.92 Å². The van der Waals surface area contributed by atoms with Crippen molar-refractivity contribution in [3.63, 3.8) is 0 Å². The van der Waals surface area contributed by atoms with E-state index in [1.807, 2.05) is 0 Å². The van der Waals surface area contributed by atoms with Gasteiger partial charge in [0.15, 0.2) is 0 Å². The molecule has 0 saturated heterocycles. The molecule has 0 fully saturated rings. The lowest BCUT2D eigenvalue weighted by molar-refractivity contribution is 0.660. The van der Waals surface area contributed by atoms with Crippen molar-refractivity contribution in [3.8, 4) is 22.3 Å². The first-order valence-corrected chi connectivity index (χ1v) is 19.7. The molecule has 6 aromatic rings. The third kappa shape index (κ3) is 5.67. The van der Waals surface area contributed by atoms with Gasteiger partial charge in [-0.15, -0.1) is 0 Å². The Kier molecular flexibility index (Phi) is 8.21. The molecule has 10 rings (SSSR count). The second-order valence-electron chi connectivity index (χ2n) is 15.8. The minimum absolute atomic E-state index is 0.0453. The predicted molar refractivity (Wildman–Crippen MR) is 229 cm³/mol. The van der Waals surface area contributed by atoms with Crippen molar-refractivity contribution in [1.29, 1.82) is 0 Å². The zero-order valence-corrected chi connectivity index (χ0v) is 31.5. The number of benzene rings is 6. The largest absolute Gasteiger partial charge is 0.316 e. The van der Waals surface area contributed by atoms with Crippen LogP contribution in [-0.4, -0.2) is 5.71 Å². The Morgan fingerprint density at radius 3 is 2.13 bits per heavy atom. The van der Waals surface area contributed by atoms with E-state index in [4.69, 9.17) is 4.99 Å². The van der Waals surface area contributed by atoms with Crippen molar-refractivity contribution in [1.82, 2.24) is 0 Å². The lowest BCUT2D eigenvalue weighted by atomic mass is 9.79. The first-order chi connectivity index (χ1) is 27.1. The summed E-state index contributed by atoms with van der Waals surface area (Å²) >= 11 is 0. The van der Waals surface area contributed by atoms with Gasteiger partial charge >= 0.3 is 0 Å². The molecule has 2 heteroatoms. The monoisotopic (exact) mass is 708 g/mol. The fourth-order valence-corrected chi connectivity index (χ4v) is 9.55. The summed E-state index contributed by atoms with van der Waals surface area (Å²) in [6, 6.07) is 55.5. The van der Waals surface area contributed by atoms with E-state index < -0.39 is 0 Å². The molecule has 0 bridgehead atoms. The van der Waals surface area contributed by atoms with Crippen LogP contribution in [0.4, 0.5) is 5.69 Å². The first-order valence-electron chi connectivity index (χ1n) is 19.7. The van der Waals surface area contributed by atoms with Crippen LogP contribution in [-0.2, 0) is 12.0 Å². The Labute approximate surface area is 325 Å². The van der Waals surface area contributed by atoms with Crippen LogP contribution in [0.1, 0.15) is 66.0 Å². The predicted octanol–water partition coefficient (Wildman–Crippen LogP) is 13.0. The van der Waals surface area contributed by atoms with E-state index in [0.717, 1.165) is 29.7 Å². The van der Waals surface area contributed by atoms with Crippen LogP contribution in [0.25, 0.3) is 22.3 Å². The molecular formula is C53H44N2. The number of allylic oxidation sites excluding steroid dienone is 7. The Morgan fingerprint density at radius 2 is 1.31 bits per heavy atom. The molecule has 6 aromatic carbocycles. The summed E-state index contributed by atoms with van der Waals surface area (Å²) in [7, 11) is 0. The van der Waals surface area contributed by atoms with Gasteiger partial charge in [-0.25, -0.2) is 0 Å². The van der Waals surface area contributed by atoms with Crippen LogP contribution in [0.15, 0.2) is 204 Å². The van der Waals surface area contributed by atoms with Gasteiger partial charge in [-0.3, -0.25) is 4.99 Å². The van der Waals surface area contributed by atoms with Crippen LogP contribution in [0.2, 0.25) is 0 Å². The Morgan fingerprint density at radius 1 is 0.636 bits per heavy atom. The summed E-state index contributed by atoms with van der Waals surface area (Å²) in [4.78, 5) is 7.78. The number of nitrogens with zero attached hydrogens (tertiary/aromatic N) is 2. The number of hydrogen-bond acceptors (Lipinski definition) is 2. The minimum Gasteiger partial charge on any atom is -0.316 e. The van der Waals surface area contributed by atoms with Gasteiger partial charge in [0.25, 0.3) is 0 Å². The molecule has 4 aliphatic rings. The molecular weight excluding hydrogens is 665 g/mol. The lowest BCUT2D eigenvalue weighted by Crippen LogP contribution is -2.24. The summed E-state index contributed by atoms with van der Waals surface area (Å²) in [6.45, 7) is 5.39. The van der Waals surface area contributed by atoms with Crippen molar-refractivity contribution in [2.75, 3.05) is 4.90 Å². The molecule has 2 atom stereocenters. The summed E-state index contributed by atoms with van der Waals surface area (Å²) in [6.07, 6.45) is 13.7. The highest BCUT2D eigenvalue weighted by Gasteiger charge is 2.42. The number of aliphatic imine (C=N–C) groups is 1.